The Morgan fingerprint density at radius 2 is 2.06 bits per heavy atom. The van der Waals surface area contributed by atoms with Crippen molar-refractivity contribution in [1.29, 1.82) is 0 Å². The number of alkyl carbamates (subject to hydrolysis) is 1. The maximum Gasteiger partial charge on any atom is 0.407 e. The van der Waals surface area contributed by atoms with Crippen molar-refractivity contribution < 1.29 is 14.6 Å². The zero-order valence-electron chi connectivity index (χ0n) is 9.63. The maximum absolute atomic E-state index is 11.2. The Morgan fingerprint density at radius 1 is 1.29 bits per heavy atom. The van der Waals surface area contributed by atoms with Crippen LogP contribution >= 0.6 is 0 Å². The Morgan fingerprint density at radius 3 is 2.76 bits per heavy atom. The summed E-state index contributed by atoms with van der Waals surface area (Å²) in [6.07, 6.45) is 1.64. The topological polar surface area (TPSA) is 58.6 Å². The van der Waals surface area contributed by atoms with Crippen LogP contribution in [0.4, 0.5) is 4.79 Å². The number of carbonyl (C=O) groups excluding carboxylic acids is 1. The van der Waals surface area contributed by atoms with Crippen LogP contribution in [-0.4, -0.2) is 30.0 Å². The summed E-state index contributed by atoms with van der Waals surface area (Å²) in [4.78, 5) is 11.2. The smallest absolute Gasteiger partial charge is 0.407 e. The van der Waals surface area contributed by atoms with Crippen molar-refractivity contribution >= 4 is 6.09 Å². The van der Waals surface area contributed by atoms with E-state index in [1.165, 1.54) is 5.56 Å². The van der Waals surface area contributed by atoms with Gasteiger partial charge in [-0.3, -0.25) is 0 Å². The molecule has 1 aromatic carbocycles. The zero-order valence-corrected chi connectivity index (χ0v) is 9.63. The Kier molecular flexibility index (Phi) is 3.98. The van der Waals surface area contributed by atoms with Crippen LogP contribution in [0, 0.1) is 0 Å². The van der Waals surface area contributed by atoms with Gasteiger partial charge < -0.3 is 15.2 Å². The molecule has 0 radical (unpaired) electrons. The average molecular weight is 235 g/mol. The second kappa shape index (κ2) is 5.68. The van der Waals surface area contributed by atoms with Gasteiger partial charge in [-0.15, -0.1) is 0 Å². The standard InChI is InChI=1S/C13H17NO3/c15-8-4-7-12-11(14-13(16)17-12)9-10-5-2-1-3-6-10/h1-3,5-6,11-12,15H,4,7-9H2,(H,14,16)/t11-,12-/m0/s1. The SMILES string of the molecule is O=C1N[C@@H](Cc2ccccc2)[C@H](CCCO)O1. The molecule has 92 valence electrons. The van der Waals surface area contributed by atoms with E-state index in [-0.39, 0.29) is 24.8 Å². The molecule has 4 heteroatoms. The average Bonchev–Trinajstić information content (AvgIpc) is 2.68. The van der Waals surface area contributed by atoms with Crippen molar-refractivity contribution in [3.63, 3.8) is 0 Å². The molecule has 1 amide bonds. The lowest BCUT2D eigenvalue weighted by Crippen LogP contribution is -2.33. The number of hydrogen-bond acceptors (Lipinski definition) is 3. The summed E-state index contributed by atoms with van der Waals surface area (Å²) in [5.41, 5.74) is 1.18. The van der Waals surface area contributed by atoms with E-state index in [0.717, 1.165) is 6.42 Å². The summed E-state index contributed by atoms with van der Waals surface area (Å²) in [7, 11) is 0. The lowest BCUT2D eigenvalue weighted by atomic mass is 9.99. The highest BCUT2D eigenvalue weighted by atomic mass is 16.6. The Balaban J connectivity index is 1.96. The van der Waals surface area contributed by atoms with Gasteiger partial charge in [-0.25, -0.2) is 4.79 Å². The van der Waals surface area contributed by atoms with Crippen molar-refractivity contribution in [2.45, 2.75) is 31.4 Å². The molecule has 1 heterocycles. The summed E-state index contributed by atoms with van der Waals surface area (Å²) in [6, 6.07) is 10.0. The first-order chi connectivity index (χ1) is 8.29. The Labute approximate surface area is 101 Å². The highest BCUT2D eigenvalue weighted by Crippen LogP contribution is 2.18. The van der Waals surface area contributed by atoms with Crippen LogP contribution in [0.3, 0.4) is 0 Å². The summed E-state index contributed by atoms with van der Waals surface area (Å²) < 4.78 is 5.19. The van der Waals surface area contributed by atoms with Crippen LogP contribution in [0.1, 0.15) is 18.4 Å². The summed E-state index contributed by atoms with van der Waals surface area (Å²) >= 11 is 0. The third kappa shape index (κ3) is 3.20. The fourth-order valence-corrected chi connectivity index (χ4v) is 2.10. The Bertz CT molecular complexity index is 366. The van der Waals surface area contributed by atoms with Crippen LogP contribution in [0.2, 0.25) is 0 Å². The van der Waals surface area contributed by atoms with Crippen molar-refractivity contribution in [2.75, 3.05) is 6.61 Å². The number of benzene rings is 1. The number of amides is 1. The molecule has 0 aromatic heterocycles. The van der Waals surface area contributed by atoms with Crippen molar-refractivity contribution in [3.8, 4) is 0 Å². The molecule has 0 aliphatic carbocycles. The number of ether oxygens (including phenoxy) is 1. The molecular formula is C13H17NO3. The van der Waals surface area contributed by atoms with Gasteiger partial charge in [0.15, 0.2) is 0 Å². The molecule has 0 bridgehead atoms. The van der Waals surface area contributed by atoms with E-state index in [0.29, 0.717) is 12.8 Å². The van der Waals surface area contributed by atoms with E-state index in [9.17, 15) is 4.79 Å². The molecule has 17 heavy (non-hydrogen) atoms. The van der Waals surface area contributed by atoms with Crippen LogP contribution in [0.15, 0.2) is 30.3 Å². The number of rotatable bonds is 5. The molecule has 4 nitrogen and oxygen atoms in total. The normalized spacial score (nSPS) is 23.2. The number of hydrogen-bond donors (Lipinski definition) is 2. The minimum Gasteiger partial charge on any atom is -0.444 e. The summed E-state index contributed by atoms with van der Waals surface area (Å²) in [5, 5.41) is 11.6. The molecule has 0 unspecified atom stereocenters. The van der Waals surface area contributed by atoms with Crippen molar-refractivity contribution in [3.05, 3.63) is 35.9 Å². The van der Waals surface area contributed by atoms with Gasteiger partial charge >= 0.3 is 6.09 Å². The largest absolute Gasteiger partial charge is 0.444 e. The van der Waals surface area contributed by atoms with Crippen molar-refractivity contribution in [1.82, 2.24) is 5.32 Å². The molecule has 1 aliphatic heterocycles. The van der Waals surface area contributed by atoms with E-state index in [1.54, 1.807) is 0 Å². The number of nitrogens with one attached hydrogen (secondary N) is 1. The van der Waals surface area contributed by atoms with Crippen LogP contribution < -0.4 is 5.32 Å². The van der Waals surface area contributed by atoms with Crippen LogP contribution in [-0.2, 0) is 11.2 Å². The van der Waals surface area contributed by atoms with Crippen molar-refractivity contribution in [2.24, 2.45) is 0 Å². The Hall–Kier alpha value is -1.55. The van der Waals surface area contributed by atoms with Gasteiger partial charge in [0.05, 0.1) is 6.04 Å². The number of carbonyl (C=O) groups is 1. The molecule has 2 rings (SSSR count). The predicted molar refractivity (Wildman–Crippen MR) is 63.7 cm³/mol. The quantitative estimate of drug-likeness (QED) is 0.812. The first-order valence-corrected chi connectivity index (χ1v) is 5.91. The lowest BCUT2D eigenvalue weighted by Gasteiger charge is -2.16. The molecule has 1 aromatic rings. The monoisotopic (exact) mass is 235 g/mol. The van der Waals surface area contributed by atoms with Gasteiger partial charge in [-0.2, -0.15) is 0 Å². The van der Waals surface area contributed by atoms with Gasteiger partial charge in [-0.05, 0) is 24.8 Å². The second-order valence-electron chi connectivity index (χ2n) is 4.25. The number of aliphatic hydroxyl groups is 1. The van der Waals surface area contributed by atoms with Crippen LogP contribution in [0.5, 0.6) is 0 Å². The fraction of sp³-hybridized carbons (Fsp3) is 0.462. The lowest BCUT2D eigenvalue weighted by molar-refractivity contribution is 0.119. The van der Waals surface area contributed by atoms with E-state index in [2.05, 4.69) is 5.32 Å². The van der Waals surface area contributed by atoms with Gasteiger partial charge in [0.1, 0.15) is 6.10 Å². The highest BCUT2D eigenvalue weighted by Gasteiger charge is 2.33. The minimum absolute atomic E-state index is 0.0106. The van der Waals surface area contributed by atoms with Crippen LogP contribution in [0.25, 0.3) is 0 Å². The van der Waals surface area contributed by atoms with E-state index < -0.39 is 0 Å². The first kappa shape index (κ1) is 11.9. The molecule has 2 atom stereocenters. The first-order valence-electron chi connectivity index (χ1n) is 5.91. The number of cyclic esters (lactones) is 1. The van der Waals surface area contributed by atoms with Gasteiger partial charge in [-0.1, -0.05) is 30.3 Å². The maximum atomic E-state index is 11.2. The molecular weight excluding hydrogens is 218 g/mol. The fourth-order valence-electron chi connectivity index (χ4n) is 2.10. The van der Waals surface area contributed by atoms with Gasteiger partial charge in [0.2, 0.25) is 0 Å². The summed E-state index contributed by atoms with van der Waals surface area (Å²) in [5.74, 6) is 0. The molecule has 0 spiro atoms. The van der Waals surface area contributed by atoms with E-state index in [1.807, 2.05) is 30.3 Å². The molecule has 1 fully saturated rings. The third-order valence-electron chi connectivity index (χ3n) is 2.96. The predicted octanol–water partition coefficient (Wildman–Crippen LogP) is 1.48. The third-order valence-corrected chi connectivity index (χ3v) is 2.96. The van der Waals surface area contributed by atoms with E-state index in [4.69, 9.17) is 9.84 Å². The zero-order chi connectivity index (χ0) is 12.1. The molecule has 0 saturated carbocycles. The van der Waals surface area contributed by atoms with E-state index >= 15 is 0 Å². The molecule has 2 N–H and O–H groups in total. The van der Waals surface area contributed by atoms with Gasteiger partial charge in [0.25, 0.3) is 0 Å². The number of aliphatic hydroxyl groups excluding tert-OH is 1. The minimum atomic E-state index is -0.353. The summed E-state index contributed by atoms with van der Waals surface area (Å²) in [6.45, 7) is 0.131. The second-order valence-corrected chi connectivity index (χ2v) is 4.25. The van der Waals surface area contributed by atoms with Gasteiger partial charge in [0, 0.05) is 6.61 Å². The highest BCUT2D eigenvalue weighted by molar-refractivity contribution is 5.70. The molecule has 1 aliphatic rings. The molecule has 1 saturated heterocycles.